The SMILES string of the molecule is Clc1ccccc1C(CNC1CC1)C1CC1. The van der Waals surface area contributed by atoms with Crippen LogP contribution in [0.3, 0.4) is 0 Å². The molecule has 0 radical (unpaired) electrons. The Morgan fingerprint density at radius 1 is 1.19 bits per heavy atom. The minimum Gasteiger partial charge on any atom is -0.313 e. The summed E-state index contributed by atoms with van der Waals surface area (Å²) in [6.07, 6.45) is 5.48. The molecular formula is C14H18ClN. The van der Waals surface area contributed by atoms with Crippen LogP contribution >= 0.6 is 11.6 Å². The van der Waals surface area contributed by atoms with Gasteiger partial charge in [0.1, 0.15) is 0 Å². The monoisotopic (exact) mass is 235 g/mol. The summed E-state index contributed by atoms with van der Waals surface area (Å²) in [5.74, 6) is 1.50. The number of halogens is 1. The van der Waals surface area contributed by atoms with E-state index < -0.39 is 0 Å². The van der Waals surface area contributed by atoms with Gasteiger partial charge in [0, 0.05) is 23.5 Å². The lowest BCUT2D eigenvalue weighted by Gasteiger charge is -2.18. The Balaban J connectivity index is 1.73. The number of rotatable bonds is 5. The summed E-state index contributed by atoms with van der Waals surface area (Å²) < 4.78 is 0. The molecule has 2 saturated carbocycles. The Bertz CT molecular complexity index is 369. The minimum atomic E-state index is 0.634. The summed E-state index contributed by atoms with van der Waals surface area (Å²) in [6.45, 7) is 1.11. The van der Waals surface area contributed by atoms with Crippen LogP contribution in [0.1, 0.15) is 37.2 Å². The number of hydrogen-bond acceptors (Lipinski definition) is 1. The molecule has 0 spiro atoms. The van der Waals surface area contributed by atoms with Gasteiger partial charge in [0.05, 0.1) is 0 Å². The lowest BCUT2D eigenvalue weighted by molar-refractivity contribution is 0.533. The average molecular weight is 236 g/mol. The molecule has 1 N–H and O–H groups in total. The van der Waals surface area contributed by atoms with Gasteiger partial charge in [0.25, 0.3) is 0 Å². The molecule has 86 valence electrons. The summed E-state index contributed by atoms with van der Waals surface area (Å²) in [4.78, 5) is 0. The van der Waals surface area contributed by atoms with Crippen LogP contribution in [0.25, 0.3) is 0 Å². The molecule has 0 amide bonds. The fourth-order valence-electron chi connectivity index (χ4n) is 2.39. The zero-order chi connectivity index (χ0) is 11.0. The number of benzene rings is 1. The van der Waals surface area contributed by atoms with E-state index in [1.165, 1.54) is 31.2 Å². The van der Waals surface area contributed by atoms with Crippen LogP contribution in [0, 0.1) is 5.92 Å². The second-order valence-electron chi connectivity index (χ2n) is 5.15. The van der Waals surface area contributed by atoms with E-state index >= 15 is 0 Å². The van der Waals surface area contributed by atoms with Gasteiger partial charge < -0.3 is 5.32 Å². The second kappa shape index (κ2) is 4.38. The van der Waals surface area contributed by atoms with Gasteiger partial charge in [0.15, 0.2) is 0 Å². The van der Waals surface area contributed by atoms with E-state index in [1.807, 2.05) is 12.1 Å². The standard InChI is InChI=1S/C14H18ClN/c15-14-4-2-1-3-12(14)13(10-5-6-10)9-16-11-7-8-11/h1-4,10-11,13,16H,5-9H2. The molecule has 0 heterocycles. The topological polar surface area (TPSA) is 12.0 Å². The van der Waals surface area contributed by atoms with Crippen molar-refractivity contribution in [2.75, 3.05) is 6.54 Å². The maximum absolute atomic E-state index is 6.29. The maximum atomic E-state index is 6.29. The van der Waals surface area contributed by atoms with Crippen LogP contribution in [-0.4, -0.2) is 12.6 Å². The Morgan fingerprint density at radius 2 is 1.94 bits per heavy atom. The molecule has 0 bridgehead atoms. The molecule has 1 aromatic rings. The lowest BCUT2D eigenvalue weighted by Crippen LogP contribution is -2.24. The van der Waals surface area contributed by atoms with E-state index in [1.54, 1.807) is 0 Å². The van der Waals surface area contributed by atoms with Crippen molar-refractivity contribution in [2.24, 2.45) is 5.92 Å². The summed E-state index contributed by atoms with van der Waals surface area (Å²) in [6, 6.07) is 9.13. The molecule has 16 heavy (non-hydrogen) atoms. The molecule has 2 heteroatoms. The van der Waals surface area contributed by atoms with Crippen molar-refractivity contribution in [1.82, 2.24) is 5.32 Å². The van der Waals surface area contributed by atoms with Gasteiger partial charge in [0.2, 0.25) is 0 Å². The zero-order valence-electron chi connectivity index (χ0n) is 9.45. The third-order valence-electron chi connectivity index (χ3n) is 3.70. The summed E-state index contributed by atoms with van der Waals surface area (Å²) in [5, 5.41) is 4.59. The second-order valence-corrected chi connectivity index (χ2v) is 5.56. The molecule has 2 fully saturated rings. The molecule has 1 atom stereocenters. The predicted octanol–water partition coefficient (Wildman–Crippen LogP) is 3.59. The maximum Gasteiger partial charge on any atom is 0.0441 e. The van der Waals surface area contributed by atoms with E-state index in [0.29, 0.717) is 5.92 Å². The fourth-order valence-corrected chi connectivity index (χ4v) is 2.66. The smallest absolute Gasteiger partial charge is 0.0441 e. The third-order valence-corrected chi connectivity index (χ3v) is 4.04. The number of hydrogen-bond donors (Lipinski definition) is 1. The predicted molar refractivity (Wildman–Crippen MR) is 67.9 cm³/mol. The van der Waals surface area contributed by atoms with Gasteiger partial charge in [-0.25, -0.2) is 0 Å². The first-order chi connectivity index (χ1) is 7.84. The highest BCUT2D eigenvalue weighted by atomic mass is 35.5. The molecule has 0 aliphatic heterocycles. The first-order valence-electron chi connectivity index (χ1n) is 6.32. The van der Waals surface area contributed by atoms with Crippen LogP contribution in [0.15, 0.2) is 24.3 Å². The van der Waals surface area contributed by atoms with Crippen molar-refractivity contribution in [2.45, 2.75) is 37.6 Å². The van der Waals surface area contributed by atoms with Gasteiger partial charge in [-0.15, -0.1) is 0 Å². The third kappa shape index (κ3) is 2.41. The number of nitrogens with one attached hydrogen (secondary N) is 1. The van der Waals surface area contributed by atoms with Crippen LogP contribution in [-0.2, 0) is 0 Å². The Labute approximate surface area is 102 Å². The molecule has 0 aromatic heterocycles. The highest BCUT2D eigenvalue weighted by Crippen LogP contribution is 2.44. The van der Waals surface area contributed by atoms with Crippen LogP contribution in [0.4, 0.5) is 0 Å². The summed E-state index contributed by atoms with van der Waals surface area (Å²) >= 11 is 6.29. The molecular weight excluding hydrogens is 218 g/mol. The molecule has 1 nitrogen and oxygen atoms in total. The fraction of sp³-hybridized carbons (Fsp3) is 0.571. The van der Waals surface area contributed by atoms with Crippen molar-refractivity contribution in [3.05, 3.63) is 34.9 Å². The summed E-state index contributed by atoms with van der Waals surface area (Å²) in [5.41, 5.74) is 1.35. The minimum absolute atomic E-state index is 0.634. The van der Waals surface area contributed by atoms with Gasteiger partial charge in [-0.2, -0.15) is 0 Å². The van der Waals surface area contributed by atoms with Gasteiger partial charge in [-0.1, -0.05) is 29.8 Å². The zero-order valence-corrected chi connectivity index (χ0v) is 10.2. The normalized spacial score (nSPS) is 22.1. The Kier molecular flexibility index (Phi) is 2.91. The molecule has 3 rings (SSSR count). The molecule has 1 aromatic carbocycles. The van der Waals surface area contributed by atoms with Crippen LogP contribution < -0.4 is 5.32 Å². The highest BCUT2D eigenvalue weighted by molar-refractivity contribution is 6.31. The van der Waals surface area contributed by atoms with Crippen molar-refractivity contribution in [3.63, 3.8) is 0 Å². The first kappa shape index (κ1) is 10.6. The van der Waals surface area contributed by atoms with E-state index in [4.69, 9.17) is 11.6 Å². The summed E-state index contributed by atoms with van der Waals surface area (Å²) in [7, 11) is 0. The highest BCUT2D eigenvalue weighted by Gasteiger charge is 2.34. The Morgan fingerprint density at radius 3 is 2.56 bits per heavy atom. The first-order valence-corrected chi connectivity index (χ1v) is 6.70. The molecule has 2 aliphatic rings. The van der Waals surface area contributed by atoms with Crippen LogP contribution in [0.5, 0.6) is 0 Å². The lowest BCUT2D eigenvalue weighted by atomic mass is 9.94. The van der Waals surface area contributed by atoms with Gasteiger partial charge in [-0.05, 0) is 43.2 Å². The average Bonchev–Trinajstić information content (AvgIpc) is 3.15. The van der Waals surface area contributed by atoms with Crippen molar-refractivity contribution in [3.8, 4) is 0 Å². The molecule has 0 saturated heterocycles. The van der Waals surface area contributed by atoms with Crippen molar-refractivity contribution in [1.29, 1.82) is 0 Å². The van der Waals surface area contributed by atoms with Crippen molar-refractivity contribution >= 4 is 11.6 Å². The quantitative estimate of drug-likeness (QED) is 0.823. The van der Waals surface area contributed by atoms with E-state index in [9.17, 15) is 0 Å². The molecule has 1 unspecified atom stereocenters. The van der Waals surface area contributed by atoms with E-state index in [-0.39, 0.29) is 0 Å². The van der Waals surface area contributed by atoms with E-state index in [0.717, 1.165) is 23.5 Å². The van der Waals surface area contributed by atoms with Crippen molar-refractivity contribution < 1.29 is 0 Å². The Hall–Kier alpha value is -0.530. The van der Waals surface area contributed by atoms with E-state index in [2.05, 4.69) is 17.4 Å². The van der Waals surface area contributed by atoms with Crippen LogP contribution in [0.2, 0.25) is 5.02 Å². The largest absolute Gasteiger partial charge is 0.313 e. The van der Waals surface area contributed by atoms with Gasteiger partial charge in [-0.3, -0.25) is 0 Å². The van der Waals surface area contributed by atoms with Gasteiger partial charge >= 0.3 is 0 Å². The molecule has 2 aliphatic carbocycles.